The molecule has 2 unspecified atom stereocenters. The van der Waals surface area contributed by atoms with E-state index in [1.54, 1.807) is 0 Å². The van der Waals surface area contributed by atoms with Crippen LogP contribution < -0.4 is 5.32 Å². The van der Waals surface area contributed by atoms with Gasteiger partial charge in [0.15, 0.2) is 0 Å². The van der Waals surface area contributed by atoms with E-state index in [9.17, 15) is 0 Å². The standard InChI is InChI=1S/C17H34N2O/c1-14(2)8-10-19(16-6-4-5-7-16)12-17(18-3)15-9-11-20-13-15/h14-18H,4-13H2,1-3H3. The maximum absolute atomic E-state index is 5.59. The van der Waals surface area contributed by atoms with Gasteiger partial charge in [-0.1, -0.05) is 26.7 Å². The highest BCUT2D eigenvalue weighted by Crippen LogP contribution is 2.26. The van der Waals surface area contributed by atoms with Gasteiger partial charge in [0.2, 0.25) is 0 Å². The maximum Gasteiger partial charge on any atom is 0.0510 e. The molecule has 0 aromatic heterocycles. The summed E-state index contributed by atoms with van der Waals surface area (Å²) in [5, 5.41) is 3.56. The second kappa shape index (κ2) is 8.35. The van der Waals surface area contributed by atoms with Gasteiger partial charge in [0.25, 0.3) is 0 Å². The molecule has 2 fully saturated rings. The quantitative estimate of drug-likeness (QED) is 0.741. The Bertz CT molecular complexity index is 258. The van der Waals surface area contributed by atoms with Crippen LogP contribution in [0.2, 0.25) is 0 Å². The molecule has 1 N–H and O–H groups in total. The van der Waals surface area contributed by atoms with Gasteiger partial charge in [-0.3, -0.25) is 4.90 Å². The molecule has 1 aliphatic carbocycles. The number of nitrogens with one attached hydrogen (secondary N) is 1. The second-order valence-electron chi connectivity index (χ2n) is 7.13. The van der Waals surface area contributed by atoms with E-state index in [1.807, 2.05) is 0 Å². The van der Waals surface area contributed by atoms with Crippen LogP contribution in [0.25, 0.3) is 0 Å². The Labute approximate surface area is 125 Å². The molecule has 1 aliphatic heterocycles. The molecular formula is C17H34N2O. The van der Waals surface area contributed by atoms with Gasteiger partial charge in [-0.15, -0.1) is 0 Å². The van der Waals surface area contributed by atoms with Crippen molar-refractivity contribution in [2.75, 3.05) is 33.4 Å². The monoisotopic (exact) mass is 282 g/mol. The van der Waals surface area contributed by atoms with Crippen molar-refractivity contribution in [3.05, 3.63) is 0 Å². The van der Waals surface area contributed by atoms with Gasteiger partial charge >= 0.3 is 0 Å². The van der Waals surface area contributed by atoms with Crippen molar-refractivity contribution in [1.29, 1.82) is 0 Å². The van der Waals surface area contributed by atoms with Crippen LogP contribution in [-0.4, -0.2) is 50.3 Å². The third kappa shape index (κ3) is 4.71. The summed E-state index contributed by atoms with van der Waals surface area (Å²) in [5.41, 5.74) is 0. The van der Waals surface area contributed by atoms with Crippen LogP contribution in [-0.2, 0) is 4.74 Å². The first-order valence-electron chi connectivity index (χ1n) is 8.69. The summed E-state index contributed by atoms with van der Waals surface area (Å²) < 4.78 is 5.59. The van der Waals surface area contributed by atoms with E-state index in [1.165, 1.54) is 51.6 Å². The van der Waals surface area contributed by atoms with E-state index < -0.39 is 0 Å². The molecule has 2 rings (SSSR count). The van der Waals surface area contributed by atoms with Crippen molar-refractivity contribution < 1.29 is 4.74 Å². The number of rotatable bonds is 8. The van der Waals surface area contributed by atoms with Gasteiger partial charge in [0, 0.05) is 31.2 Å². The van der Waals surface area contributed by atoms with Crippen LogP contribution in [0.3, 0.4) is 0 Å². The molecule has 20 heavy (non-hydrogen) atoms. The lowest BCUT2D eigenvalue weighted by Crippen LogP contribution is -2.48. The highest BCUT2D eigenvalue weighted by Gasteiger charge is 2.29. The lowest BCUT2D eigenvalue weighted by Gasteiger charge is -2.34. The normalized spacial score (nSPS) is 25.9. The van der Waals surface area contributed by atoms with Crippen LogP contribution in [0.5, 0.6) is 0 Å². The van der Waals surface area contributed by atoms with Gasteiger partial charge in [-0.05, 0) is 45.2 Å². The van der Waals surface area contributed by atoms with E-state index in [-0.39, 0.29) is 0 Å². The van der Waals surface area contributed by atoms with Gasteiger partial charge in [0.1, 0.15) is 0 Å². The molecule has 1 heterocycles. The number of hydrogen-bond acceptors (Lipinski definition) is 3. The Morgan fingerprint density at radius 1 is 1.20 bits per heavy atom. The van der Waals surface area contributed by atoms with Gasteiger partial charge in [0.05, 0.1) is 6.61 Å². The van der Waals surface area contributed by atoms with Crippen LogP contribution >= 0.6 is 0 Å². The van der Waals surface area contributed by atoms with Crippen molar-refractivity contribution in [3.8, 4) is 0 Å². The fourth-order valence-electron chi connectivity index (χ4n) is 3.72. The minimum atomic E-state index is 0.602. The van der Waals surface area contributed by atoms with Crippen molar-refractivity contribution >= 4 is 0 Å². The summed E-state index contributed by atoms with van der Waals surface area (Å²) in [5.74, 6) is 1.52. The minimum Gasteiger partial charge on any atom is -0.381 e. The molecule has 1 saturated heterocycles. The first kappa shape index (κ1) is 16.3. The first-order valence-corrected chi connectivity index (χ1v) is 8.69. The van der Waals surface area contributed by atoms with Crippen LogP contribution in [0.1, 0.15) is 52.4 Å². The zero-order chi connectivity index (χ0) is 14.4. The molecule has 1 saturated carbocycles. The highest BCUT2D eigenvalue weighted by molar-refractivity contribution is 4.85. The zero-order valence-corrected chi connectivity index (χ0v) is 13.7. The van der Waals surface area contributed by atoms with Crippen LogP contribution in [0.4, 0.5) is 0 Å². The van der Waals surface area contributed by atoms with E-state index in [0.29, 0.717) is 12.0 Å². The molecule has 2 atom stereocenters. The zero-order valence-electron chi connectivity index (χ0n) is 13.7. The van der Waals surface area contributed by atoms with Crippen molar-refractivity contribution in [2.24, 2.45) is 11.8 Å². The Balaban J connectivity index is 1.89. The molecule has 3 nitrogen and oxygen atoms in total. The molecule has 118 valence electrons. The van der Waals surface area contributed by atoms with E-state index in [4.69, 9.17) is 4.74 Å². The van der Waals surface area contributed by atoms with Crippen LogP contribution in [0.15, 0.2) is 0 Å². The predicted octanol–water partition coefficient (Wildman–Crippen LogP) is 2.90. The van der Waals surface area contributed by atoms with E-state index >= 15 is 0 Å². The minimum absolute atomic E-state index is 0.602. The fourth-order valence-corrected chi connectivity index (χ4v) is 3.72. The number of ether oxygens (including phenoxy) is 1. The molecule has 0 radical (unpaired) electrons. The average Bonchev–Trinajstić information content (AvgIpc) is 3.11. The largest absolute Gasteiger partial charge is 0.381 e. The molecule has 2 aliphatic rings. The predicted molar refractivity (Wildman–Crippen MR) is 85.1 cm³/mol. The molecule has 0 aromatic carbocycles. The lowest BCUT2D eigenvalue weighted by atomic mass is 9.97. The van der Waals surface area contributed by atoms with Gasteiger partial charge in [-0.2, -0.15) is 0 Å². The Morgan fingerprint density at radius 3 is 2.50 bits per heavy atom. The Morgan fingerprint density at radius 2 is 1.95 bits per heavy atom. The summed E-state index contributed by atoms with van der Waals surface area (Å²) in [4.78, 5) is 2.78. The van der Waals surface area contributed by atoms with Crippen molar-refractivity contribution in [3.63, 3.8) is 0 Å². The molecule has 0 bridgehead atoms. The molecular weight excluding hydrogens is 248 g/mol. The second-order valence-corrected chi connectivity index (χ2v) is 7.13. The first-order chi connectivity index (χ1) is 9.70. The Hall–Kier alpha value is -0.120. The van der Waals surface area contributed by atoms with Crippen molar-refractivity contribution in [2.45, 2.75) is 64.5 Å². The SMILES string of the molecule is CNC(CN(CCC(C)C)C1CCCC1)C1CCOC1. The summed E-state index contributed by atoms with van der Waals surface area (Å²) in [6, 6.07) is 1.44. The lowest BCUT2D eigenvalue weighted by molar-refractivity contribution is 0.137. The number of nitrogens with zero attached hydrogens (tertiary/aromatic N) is 1. The van der Waals surface area contributed by atoms with Crippen LogP contribution in [0, 0.1) is 11.8 Å². The molecule has 0 amide bonds. The molecule has 0 spiro atoms. The molecule has 0 aromatic rings. The highest BCUT2D eigenvalue weighted by atomic mass is 16.5. The Kier molecular flexibility index (Phi) is 6.79. The van der Waals surface area contributed by atoms with Gasteiger partial charge in [-0.25, -0.2) is 0 Å². The fraction of sp³-hybridized carbons (Fsp3) is 1.00. The summed E-state index contributed by atoms with van der Waals surface area (Å²) in [7, 11) is 2.12. The average molecular weight is 282 g/mol. The third-order valence-corrected chi connectivity index (χ3v) is 5.17. The third-order valence-electron chi connectivity index (χ3n) is 5.17. The summed E-state index contributed by atoms with van der Waals surface area (Å²) >= 11 is 0. The summed E-state index contributed by atoms with van der Waals surface area (Å²) in [6.07, 6.45) is 8.24. The number of hydrogen-bond donors (Lipinski definition) is 1. The van der Waals surface area contributed by atoms with Gasteiger partial charge < -0.3 is 10.1 Å². The van der Waals surface area contributed by atoms with E-state index in [2.05, 4.69) is 31.1 Å². The van der Waals surface area contributed by atoms with Crippen molar-refractivity contribution in [1.82, 2.24) is 10.2 Å². The topological polar surface area (TPSA) is 24.5 Å². The molecule has 3 heteroatoms. The smallest absolute Gasteiger partial charge is 0.0510 e. The number of likely N-dealkylation sites (N-methyl/N-ethyl adjacent to an activating group) is 1. The maximum atomic E-state index is 5.59. The van der Waals surface area contributed by atoms with E-state index in [0.717, 1.165) is 25.2 Å². The summed E-state index contributed by atoms with van der Waals surface area (Å²) in [6.45, 7) is 9.07.